The lowest BCUT2D eigenvalue weighted by Crippen LogP contribution is -2.42. The molecule has 0 radical (unpaired) electrons. The Morgan fingerprint density at radius 1 is 1.20 bits per heavy atom. The molecule has 0 bridgehead atoms. The molecule has 0 aliphatic heterocycles. The van der Waals surface area contributed by atoms with Crippen LogP contribution in [0.25, 0.3) is 0 Å². The molecule has 1 aromatic rings. The zero-order valence-electron chi connectivity index (χ0n) is 12.5. The Bertz CT molecular complexity index is 408. The lowest BCUT2D eigenvalue weighted by molar-refractivity contribution is 0.613. The maximum atomic E-state index is 4.29. The summed E-state index contributed by atoms with van der Waals surface area (Å²) >= 11 is 0. The molecular weight excluding hydrogens is 361 g/mol. The van der Waals surface area contributed by atoms with Gasteiger partial charge in [0.1, 0.15) is 0 Å². The van der Waals surface area contributed by atoms with Crippen LogP contribution in [0.5, 0.6) is 0 Å². The first-order valence-electron chi connectivity index (χ1n) is 7.30. The van der Waals surface area contributed by atoms with Gasteiger partial charge in [-0.15, -0.1) is 24.0 Å². The topological polar surface area (TPSA) is 36.4 Å². The number of aryl methyl sites for hydroxylation is 1. The summed E-state index contributed by atoms with van der Waals surface area (Å²) in [6, 6.07) is 9.35. The molecule has 2 N–H and O–H groups in total. The Morgan fingerprint density at radius 2 is 1.85 bits per heavy atom. The predicted molar refractivity (Wildman–Crippen MR) is 97.1 cm³/mol. The smallest absolute Gasteiger partial charge is 0.191 e. The quantitative estimate of drug-likeness (QED) is 0.473. The van der Waals surface area contributed by atoms with Gasteiger partial charge >= 0.3 is 0 Å². The van der Waals surface area contributed by atoms with E-state index < -0.39 is 0 Å². The molecule has 0 spiro atoms. The second-order valence-electron chi connectivity index (χ2n) is 5.36. The van der Waals surface area contributed by atoms with Crippen LogP contribution < -0.4 is 10.6 Å². The molecule has 0 unspecified atom stereocenters. The normalized spacial score (nSPS) is 15.8. The van der Waals surface area contributed by atoms with Gasteiger partial charge in [0.2, 0.25) is 0 Å². The van der Waals surface area contributed by atoms with Gasteiger partial charge in [0.25, 0.3) is 0 Å². The zero-order valence-corrected chi connectivity index (χ0v) is 14.8. The largest absolute Gasteiger partial charge is 0.356 e. The highest BCUT2D eigenvalue weighted by Crippen LogP contribution is 2.17. The van der Waals surface area contributed by atoms with Crippen molar-refractivity contribution in [1.29, 1.82) is 0 Å². The fourth-order valence-corrected chi connectivity index (χ4v) is 2.54. The minimum absolute atomic E-state index is 0. The number of benzene rings is 1. The molecule has 3 nitrogen and oxygen atoms in total. The maximum Gasteiger partial charge on any atom is 0.191 e. The molecule has 20 heavy (non-hydrogen) atoms. The van der Waals surface area contributed by atoms with Crippen LogP contribution in [0.3, 0.4) is 0 Å². The molecule has 1 aliphatic rings. The molecule has 1 aliphatic carbocycles. The van der Waals surface area contributed by atoms with Crippen molar-refractivity contribution >= 4 is 29.9 Å². The third-order valence-electron chi connectivity index (χ3n) is 3.75. The minimum Gasteiger partial charge on any atom is -0.356 e. The highest BCUT2D eigenvalue weighted by atomic mass is 127. The lowest BCUT2D eigenvalue weighted by atomic mass is 10.1. The SMILES string of the molecule is CN=C(NCCc1ccc(C)cc1)NC1CCCC1.I. The number of hydrogen-bond acceptors (Lipinski definition) is 1. The molecule has 0 aromatic heterocycles. The van der Waals surface area contributed by atoms with Crippen molar-refractivity contribution in [1.82, 2.24) is 10.6 Å². The monoisotopic (exact) mass is 387 g/mol. The van der Waals surface area contributed by atoms with Gasteiger partial charge in [-0.25, -0.2) is 0 Å². The molecule has 0 saturated heterocycles. The van der Waals surface area contributed by atoms with Crippen LogP contribution >= 0.6 is 24.0 Å². The van der Waals surface area contributed by atoms with E-state index in [1.807, 2.05) is 7.05 Å². The third kappa shape index (κ3) is 5.69. The summed E-state index contributed by atoms with van der Waals surface area (Å²) in [4.78, 5) is 4.29. The summed E-state index contributed by atoms with van der Waals surface area (Å²) in [5, 5.41) is 6.90. The standard InChI is InChI=1S/C16H25N3.HI/c1-13-7-9-14(10-8-13)11-12-18-16(17-2)19-15-5-3-4-6-15;/h7-10,15H,3-6,11-12H2,1-2H3,(H2,17,18,19);1H. The van der Waals surface area contributed by atoms with E-state index in [-0.39, 0.29) is 24.0 Å². The summed E-state index contributed by atoms with van der Waals surface area (Å²) in [6.45, 7) is 3.05. The number of nitrogens with zero attached hydrogens (tertiary/aromatic N) is 1. The highest BCUT2D eigenvalue weighted by Gasteiger charge is 2.15. The van der Waals surface area contributed by atoms with Crippen LogP contribution in [0.4, 0.5) is 0 Å². The molecule has 1 aromatic carbocycles. The fourth-order valence-electron chi connectivity index (χ4n) is 2.54. The van der Waals surface area contributed by atoms with Gasteiger partial charge in [0.15, 0.2) is 5.96 Å². The van der Waals surface area contributed by atoms with Crippen molar-refractivity contribution in [3.8, 4) is 0 Å². The molecule has 112 valence electrons. The van der Waals surface area contributed by atoms with Gasteiger partial charge < -0.3 is 10.6 Å². The van der Waals surface area contributed by atoms with Crippen molar-refractivity contribution in [2.24, 2.45) is 4.99 Å². The number of nitrogens with one attached hydrogen (secondary N) is 2. The van der Waals surface area contributed by atoms with Gasteiger partial charge in [-0.3, -0.25) is 4.99 Å². The van der Waals surface area contributed by atoms with E-state index in [1.54, 1.807) is 0 Å². The average molecular weight is 387 g/mol. The van der Waals surface area contributed by atoms with Crippen molar-refractivity contribution in [2.75, 3.05) is 13.6 Å². The Morgan fingerprint density at radius 3 is 2.45 bits per heavy atom. The van der Waals surface area contributed by atoms with Crippen LogP contribution in [0.2, 0.25) is 0 Å². The Kier molecular flexibility index (Phi) is 7.95. The number of guanidine groups is 1. The summed E-state index contributed by atoms with van der Waals surface area (Å²) < 4.78 is 0. The van der Waals surface area contributed by atoms with Crippen molar-refractivity contribution < 1.29 is 0 Å². The van der Waals surface area contributed by atoms with Gasteiger partial charge in [-0.05, 0) is 31.7 Å². The molecule has 0 atom stereocenters. The van der Waals surface area contributed by atoms with Gasteiger partial charge in [-0.1, -0.05) is 42.7 Å². The summed E-state index contributed by atoms with van der Waals surface area (Å²) in [6.07, 6.45) is 6.28. The average Bonchev–Trinajstić information content (AvgIpc) is 2.93. The second kappa shape index (κ2) is 9.21. The van der Waals surface area contributed by atoms with Crippen molar-refractivity contribution in [2.45, 2.75) is 45.1 Å². The number of rotatable bonds is 4. The van der Waals surface area contributed by atoms with Crippen molar-refractivity contribution in [3.05, 3.63) is 35.4 Å². The van der Waals surface area contributed by atoms with E-state index in [1.165, 1.54) is 36.8 Å². The summed E-state index contributed by atoms with van der Waals surface area (Å²) in [7, 11) is 1.84. The molecular formula is C16H26IN3. The minimum atomic E-state index is 0. The Balaban J connectivity index is 0.00000200. The van der Waals surface area contributed by atoms with E-state index in [0.717, 1.165) is 18.9 Å². The third-order valence-corrected chi connectivity index (χ3v) is 3.75. The molecule has 1 fully saturated rings. The predicted octanol–water partition coefficient (Wildman–Crippen LogP) is 3.26. The molecule has 1 saturated carbocycles. The van der Waals surface area contributed by atoms with E-state index >= 15 is 0 Å². The first kappa shape index (κ1) is 17.3. The van der Waals surface area contributed by atoms with Gasteiger partial charge in [0.05, 0.1) is 0 Å². The Hall–Kier alpha value is -0.780. The Labute approximate surface area is 139 Å². The van der Waals surface area contributed by atoms with Gasteiger partial charge in [0, 0.05) is 19.6 Å². The van der Waals surface area contributed by atoms with Crippen LogP contribution in [0.15, 0.2) is 29.3 Å². The molecule has 2 rings (SSSR count). The van der Waals surface area contributed by atoms with Crippen LogP contribution in [-0.4, -0.2) is 25.6 Å². The maximum absolute atomic E-state index is 4.29. The number of aliphatic imine (C=N–C) groups is 1. The lowest BCUT2D eigenvalue weighted by Gasteiger charge is -2.16. The zero-order chi connectivity index (χ0) is 13.5. The van der Waals surface area contributed by atoms with E-state index in [2.05, 4.69) is 46.8 Å². The molecule has 4 heteroatoms. The summed E-state index contributed by atoms with van der Waals surface area (Å²) in [5.41, 5.74) is 2.69. The van der Waals surface area contributed by atoms with Crippen LogP contribution in [-0.2, 0) is 6.42 Å². The van der Waals surface area contributed by atoms with Gasteiger partial charge in [-0.2, -0.15) is 0 Å². The molecule has 0 amide bonds. The van der Waals surface area contributed by atoms with Crippen LogP contribution in [0, 0.1) is 6.92 Å². The van der Waals surface area contributed by atoms with Crippen molar-refractivity contribution in [3.63, 3.8) is 0 Å². The number of hydrogen-bond donors (Lipinski definition) is 2. The van der Waals surface area contributed by atoms with E-state index in [4.69, 9.17) is 0 Å². The first-order chi connectivity index (χ1) is 9.28. The first-order valence-corrected chi connectivity index (χ1v) is 7.30. The number of halogens is 1. The summed E-state index contributed by atoms with van der Waals surface area (Å²) in [5.74, 6) is 0.944. The molecule has 0 heterocycles. The highest BCUT2D eigenvalue weighted by molar-refractivity contribution is 14.0. The fraction of sp³-hybridized carbons (Fsp3) is 0.562. The van der Waals surface area contributed by atoms with E-state index in [0.29, 0.717) is 6.04 Å². The second-order valence-corrected chi connectivity index (χ2v) is 5.36. The van der Waals surface area contributed by atoms with E-state index in [9.17, 15) is 0 Å². The van der Waals surface area contributed by atoms with Crippen LogP contribution in [0.1, 0.15) is 36.8 Å².